The second kappa shape index (κ2) is 8.73. The van der Waals surface area contributed by atoms with Crippen molar-refractivity contribution in [1.29, 1.82) is 0 Å². The molecule has 1 unspecified atom stereocenters. The fourth-order valence-corrected chi connectivity index (χ4v) is 4.63. The molecular formula is C23H29ClN2O2. The van der Waals surface area contributed by atoms with Crippen LogP contribution in [0, 0.1) is 5.92 Å². The van der Waals surface area contributed by atoms with E-state index in [9.17, 15) is 0 Å². The third-order valence-corrected chi connectivity index (χ3v) is 6.24. The molecule has 1 atom stereocenters. The van der Waals surface area contributed by atoms with Gasteiger partial charge in [-0.15, -0.1) is 0 Å². The Balaban J connectivity index is 1.54. The van der Waals surface area contributed by atoms with Gasteiger partial charge in [0.15, 0.2) is 0 Å². The molecule has 2 aliphatic rings. The highest BCUT2D eigenvalue weighted by Gasteiger charge is 2.26. The monoisotopic (exact) mass is 400 g/mol. The molecule has 0 spiro atoms. The first kappa shape index (κ1) is 19.6. The van der Waals surface area contributed by atoms with Crippen molar-refractivity contribution in [3.63, 3.8) is 0 Å². The molecule has 0 radical (unpaired) electrons. The summed E-state index contributed by atoms with van der Waals surface area (Å²) in [5.74, 6) is 2.67. The average Bonchev–Trinajstić information content (AvgIpc) is 2.72. The average molecular weight is 401 g/mol. The zero-order chi connectivity index (χ0) is 19.5. The van der Waals surface area contributed by atoms with E-state index in [2.05, 4.69) is 41.5 Å². The summed E-state index contributed by atoms with van der Waals surface area (Å²) in [5, 5.41) is 4.08. The summed E-state index contributed by atoms with van der Waals surface area (Å²) >= 11 is 6.39. The summed E-state index contributed by atoms with van der Waals surface area (Å²) in [4.78, 5) is 2.36. The zero-order valence-corrected chi connectivity index (χ0v) is 17.5. The Bertz CT molecular complexity index is 820. The molecule has 5 heteroatoms. The van der Waals surface area contributed by atoms with E-state index in [1.54, 1.807) is 7.11 Å². The second-order valence-corrected chi connectivity index (χ2v) is 8.42. The van der Waals surface area contributed by atoms with Crippen LogP contribution in [0.5, 0.6) is 11.5 Å². The number of halogens is 1. The van der Waals surface area contributed by atoms with Crippen molar-refractivity contribution in [2.75, 3.05) is 40.4 Å². The van der Waals surface area contributed by atoms with Gasteiger partial charge in [-0.25, -0.2) is 0 Å². The zero-order valence-electron chi connectivity index (χ0n) is 16.7. The van der Waals surface area contributed by atoms with E-state index in [1.165, 1.54) is 29.5 Å². The van der Waals surface area contributed by atoms with E-state index >= 15 is 0 Å². The molecule has 4 nitrogen and oxygen atoms in total. The number of hydrogen-bond donors (Lipinski definition) is 1. The van der Waals surface area contributed by atoms with E-state index in [0.717, 1.165) is 44.3 Å². The molecule has 1 saturated heterocycles. The smallest absolute Gasteiger partial charge is 0.137 e. The summed E-state index contributed by atoms with van der Waals surface area (Å²) < 4.78 is 11.5. The first-order valence-electron chi connectivity index (χ1n) is 10.1. The summed E-state index contributed by atoms with van der Waals surface area (Å²) in [6.07, 6.45) is 2.40. The van der Waals surface area contributed by atoms with Crippen LogP contribution in [-0.2, 0) is 6.54 Å². The van der Waals surface area contributed by atoms with Crippen LogP contribution in [0.15, 0.2) is 36.4 Å². The predicted molar refractivity (Wildman–Crippen MR) is 114 cm³/mol. The lowest BCUT2D eigenvalue weighted by atomic mass is 9.84. The number of fused-ring (bicyclic) bond motifs is 1. The minimum Gasteiger partial charge on any atom is -0.495 e. The Labute approximate surface area is 172 Å². The van der Waals surface area contributed by atoms with Gasteiger partial charge in [0, 0.05) is 19.0 Å². The molecule has 150 valence electrons. The van der Waals surface area contributed by atoms with E-state index in [0.29, 0.717) is 16.9 Å². The lowest BCUT2D eigenvalue weighted by molar-refractivity contribution is 0.214. The molecule has 2 aromatic rings. The van der Waals surface area contributed by atoms with Crippen LogP contribution in [0.4, 0.5) is 0 Å². The molecule has 2 aliphatic heterocycles. The van der Waals surface area contributed by atoms with E-state index in [-0.39, 0.29) is 0 Å². The topological polar surface area (TPSA) is 33.7 Å². The molecular weight excluding hydrogens is 372 g/mol. The highest BCUT2D eigenvalue weighted by atomic mass is 35.5. The van der Waals surface area contributed by atoms with Crippen LogP contribution in [0.25, 0.3) is 0 Å². The number of piperidine rings is 1. The van der Waals surface area contributed by atoms with Crippen molar-refractivity contribution in [3.8, 4) is 11.5 Å². The fraction of sp³-hybridized carbons (Fsp3) is 0.478. The molecule has 0 saturated carbocycles. The number of benzene rings is 2. The van der Waals surface area contributed by atoms with Gasteiger partial charge in [-0.3, -0.25) is 0 Å². The number of ether oxygens (including phenoxy) is 2. The second-order valence-electron chi connectivity index (χ2n) is 8.01. The summed E-state index contributed by atoms with van der Waals surface area (Å²) in [6.45, 7) is 4.95. The Hall–Kier alpha value is -1.75. The fourth-order valence-electron chi connectivity index (χ4n) is 4.36. The molecule has 28 heavy (non-hydrogen) atoms. The molecule has 0 bridgehead atoms. The van der Waals surface area contributed by atoms with Crippen molar-refractivity contribution >= 4 is 11.6 Å². The van der Waals surface area contributed by atoms with Crippen LogP contribution in [0.3, 0.4) is 0 Å². The van der Waals surface area contributed by atoms with E-state index in [1.807, 2.05) is 12.1 Å². The maximum absolute atomic E-state index is 6.39. The Morgan fingerprint density at radius 3 is 2.71 bits per heavy atom. The SMILES string of the molecule is COc1ccc(C2CN(C)Cc3cc(OCC4CCNCC4)ccc32)cc1Cl. The van der Waals surface area contributed by atoms with Crippen LogP contribution < -0.4 is 14.8 Å². The molecule has 0 aromatic heterocycles. The highest BCUT2D eigenvalue weighted by Crippen LogP contribution is 2.37. The van der Waals surface area contributed by atoms with E-state index in [4.69, 9.17) is 21.1 Å². The van der Waals surface area contributed by atoms with E-state index < -0.39 is 0 Å². The van der Waals surface area contributed by atoms with Gasteiger partial charge >= 0.3 is 0 Å². The molecule has 4 rings (SSSR count). The Morgan fingerprint density at radius 1 is 1.14 bits per heavy atom. The largest absolute Gasteiger partial charge is 0.495 e. The Kier molecular flexibility index (Phi) is 6.10. The number of nitrogens with zero attached hydrogens (tertiary/aromatic N) is 1. The van der Waals surface area contributed by atoms with Gasteiger partial charge in [0.2, 0.25) is 0 Å². The van der Waals surface area contributed by atoms with Gasteiger partial charge < -0.3 is 19.7 Å². The van der Waals surface area contributed by atoms with Gasteiger partial charge in [0.1, 0.15) is 11.5 Å². The molecule has 0 amide bonds. The van der Waals surface area contributed by atoms with Crippen LogP contribution >= 0.6 is 11.6 Å². The van der Waals surface area contributed by atoms with Crippen LogP contribution in [-0.4, -0.2) is 45.3 Å². The number of hydrogen-bond acceptors (Lipinski definition) is 4. The first-order chi connectivity index (χ1) is 13.6. The van der Waals surface area contributed by atoms with Crippen molar-refractivity contribution < 1.29 is 9.47 Å². The van der Waals surface area contributed by atoms with Crippen LogP contribution in [0.2, 0.25) is 5.02 Å². The minimum absolute atomic E-state index is 0.302. The molecule has 1 N–H and O–H groups in total. The third kappa shape index (κ3) is 4.29. The standard InChI is InChI=1S/C23H29ClN2O2/c1-26-13-18-11-19(28-15-16-7-9-25-10-8-16)4-5-20(18)21(14-26)17-3-6-23(27-2)22(24)12-17/h3-6,11-12,16,21,25H,7-10,13-15H2,1-2H3. The van der Waals surface area contributed by atoms with Gasteiger partial charge in [0.25, 0.3) is 0 Å². The van der Waals surface area contributed by atoms with Crippen molar-refractivity contribution in [2.45, 2.75) is 25.3 Å². The van der Waals surface area contributed by atoms with Crippen molar-refractivity contribution in [3.05, 3.63) is 58.1 Å². The number of methoxy groups -OCH3 is 1. The summed E-state index contributed by atoms with van der Waals surface area (Å²) in [5.41, 5.74) is 3.93. The van der Waals surface area contributed by atoms with Gasteiger partial charge in [0.05, 0.1) is 18.7 Å². The van der Waals surface area contributed by atoms with Crippen LogP contribution in [0.1, 0.15) is 35.4 Å². The number of nitrogens with one attached hydrogen (secondary N) is 1. The quantitative estimate of drug-likeness (QED) is 0.811. The predicted octanol–water partition coefficient (Wildman–Crippen LogP) is 4.30. The van der Waals surface area contributed by atoms with Crippen molar-refractivity contribution in [1.82, 2.24) is 10.2 Å². The lowest BCUT2D eigenvalue weighted by Gasteiger charge is -2.33. The van der Waals surface area contributed by atoms with Crippen molar-refractivity contribution in [2.24, 2.45) is 5.92 Å². The number of likely N-dealkylation sites (N-methyl/N-ethyl adjacent to an activating group) is 1. The van der Waals surface area contributed by atoms with Gasteiger partial charge in [-0.05, 0) is 79.9 Å². The number of rotatable bonds is 5. The maximum atomic E-state index is 6.39. The third-order valence-electron chi connectivity index (χ3n) is 5.95. The minimum atomic E-state index is 0.302. The molecule has 1 fully saturated rings. The molecule has 2 heterocycles. The summed E-state index contributed by atoms with van der Waals surface area (Å²) in [6, 6.07) is 12.7. The molecule has 0 aliphatic carbocycles. The maximum Gasteiger partial charge on any atom is 0.137 e. The summed E-state index contributed by atoms with van der Waals surface area (Å²) in [7, 11) is 3.82. The van der Waals surface area contributed by atoms with Gasteiger partial charge in [-0.2, -0.15) is 0 Å². The molecule has 2 aromatic carbocycles. The highest BCUT2D eigenvalue weighted by molar-refractivity contribution is 6.32. The van der Waals surface area contributed by atoms with Gasteiger partial charge in [-0.1, -0.05) is 23.7 Å². The Morgan fingerprint density at radius 2 is 1.96 bits per heavy atom. The normalized spacial score (nSPS) is 20.6. The first-order valence-corrected chi connectivity index (χ1v) is 10.5. The lowest BCUT2D eigenvalue weighted by Crippen LogP contribution is -2.31.